The van der Waals surface area contributed by atoms with Crippen molar-refractivity contribution in [2.75, 3.05) is 13.2 Å². The molecule has 0 heterocycles. The number of esters is 1. The van der Waals surface area contributed by atoms with Gasteiger partial charge in [0, 0.05) is 12.8 Å². The number of nitrogens with one attached hydrogen (secondary N) is 2. The largest absolute Gasteiger partial charge is 0.489 e. The summed E-state index contributed by atoms with van der Waals surface area (Å²) in [5.41, 5.74) is 2.02. The Bertz CT molecular complexity index is 1190. The molecule has 0 bridgehead atoms. The van der Waals surface area contributed by atoms with E-state index in [4.69, 9.17) is 9.47 Å². The van der Waals surface area contributed by atoms with Gasteiger partial charge in [0.2, 0.25) is 11.8 Å². The molecule has 0 aliphatic heterocycles. The Morgan fingerprint density at radius 3 is 2.31 bits per heavy atom. The Hall–Kier alpha value is -3.91. The number of carbonyl (C=O) groups is 3. The first kappa shape index (κ1) is 35.6. The molecule has 1 saturated carbocycles. The van der Waals surface area contributed by atoms with E-state index in [1.54, 1.807) is 12.2 Å². The minimum absolute atomic E-state index is 0.0457. The van der Waals surface area contributed by atoms with E-state index in [2.05, 4.69) is 23.8 Å². The van der Waals surface area contributed by atoms with Crippen molar-refractivity contribution in [3.05, 3.63) is 91.0 Å². The predicted octanol–water partition coefficient (Wildman–Crippen LogP) is 5.83. The van der Waals surface area contributed by atoms with E-state index in [9.17, 15) is 19.5 Å². The SMILES string of the molecule is C=CCCC(=O)OCC(CC1CCCCC1)NC(=O)C(CC=C)CC(=O)NC(CO)Cc1ccc(OCc2ccccc2)cc1. The fourth-order valence-corrected chi connectivity index (χ4v) is 5.70. The highest BCUT2D eigenvalue weighted by atomic mass is 16.5. The molecule has 3 unspecified atom stereocenters. The lowest BCUT2D eigenvalue weighted by Gasteiger charge is -2.28. The maximum Gasteiger partial charge on any atom is 0.306 e. The zero-order valence-corrected chi connectivity index (χ0v) is 26.5. The molecule has 8 heteroatoms. The van der Waals surface area contributed by atoms with Gasteiger partial charge in [-0.3, -0.25) is 14.4 Å². The van der Waals surface area contributed by atoms with Crippen molar-refractivity contribution >= 4 is 17.8 Å². The minimum atomic E-state index is -0.631. The third-order valence-corrected chi connectivity index (χ3v) is 8.18. The average molecular weight is 619 g/mol. The smallest absolute Gasteiger partial charge is 0.306 e. The van der Waals surface area contributed by atoms with Crippen LogP contribution in [-0.2, 0) is 32.1 Å². The summed E-state index contributed by atoms with van der Waals surface area (Å²) in [4.78, 5) is 38.6. The number of benzene rings is 2. The van der Waals surface area contributed by atoms with Crippen LogP contribution in [0.25, 0.3) is 0 Å². The van der Waals surface area contributed by atoms with Gasteiger partial charge in [-0.2, -0.15) is 0 Å². The third kappa shape index (κ3) is 13.7. The number of hydrogen-bond donors (Lipinski definition) is 3. The Morgan fingerprint density at radius 2 is 1.64 bits per heavy atom. The van der Waals surface area contributed by atoms with Crippen molar-refractivity contribution < 1.29 is 29.0 Å². The molecule has 8 nitrogen and oxygen atoms in total. The van der Waals surface area contributed by atoms with Crippen LogP contribution in [0.4, 0.5) is 0 Å². The molecule has 45 heavy (non-hydrogen) atoms. The highest BCUT2D eigenvalue weighted by Crippen LogP contribution is 2.28. The summed E-state index contributed by atoms with van der Waals surface area (Å²) in [6.45, 7) is 7.76. The predicted molar refractivity (Wildman–Crippen MR) is 176 cm³/mol. The number of hydrogen-bond acceptors (Lipinski definition) is 6. The van der Waals surface area contributed by atoms with Gasteiger partial charge in [-0.15, -0.1) is 13.2 Å². The number of rotatable bonds is 20. The van der Waals surface area contributed by atoms with Crippen LogP contribution in [-0.4, -0.2) is 48.2 Å². The van der Waals surface area contributed by atoms with Gasteiger partial charge in [-0.1, -0.05) is 86.7 Å². The van der Waals surface area contributed by atoms with Crippen molar-refractivity contribution in [2.45, 2.75) is 89.3 Å². The molecule has 2 amide bonds. The number of amides is 2. The van der Waals surface area contributed by atoms with Gasteiger partial charge >= 0.3 is 5.97 Å². The van der Waals surface area contributed by atoms with Crippen LogP contribution in [0.2, 0.25) is 0 Å². The van der Waals surface area contributed by atoms with Crippen molar-refractivity contribution in [3.8, 4) is 5.75 Å². The number of aliphatic hydroxyl groups excluding tert-OH is 1. The Kier molecular flexibility index (Phi) is 16.0. The van der Waals surface area contributed by atoms with Crippen LogP contribution in [0.3, 0.4) is 0 Å². The molecule has 3 N–H and O–H groups in total. The van der Waals surface area contributed by atoms with E-state index in [-0.39, 0.29) is 49.9 Å². The second-order valence-corrected chi connectivity index (χ2v) is 12.0. The highest BCUT2D eigenvalue weighted by molar-refractivity contribution is 5.86. The van der Waals surface area contributed by atoms with E-state index in [1.807, 2.05) is 54.6 Å². The second kappa shape index (κ2) is 20.2. The second-order valence-electron chi connectivity index (χ2n) is 12.0. The first-order chi connectivity index (χ1) is 21.9. The molecule has 3 atom stereocenters. The van der Waals surface area contributed by atoms with Crippen molar-refractivity contribution in [1.82, 2.24) is 10.6 Å². The van der Waals surface area contributed by atoms with Crippen LogP contribution in [0.15, 0.2) is 79.9 Å². The molecule has 0 radical (unpaired) electrons. The van der Waals surface area contributed by atoms with Crippen molar-refractivity contribution in [1.29, 1.82) is 0 Å². The lowest BCUT2D eigenvalue weighted by atomic mass is 9.84. The lowest BCUT2D eigenvalue weighted by Crippen LogP contribution is -2.45. The fraction of sp³-hybridized carbons (Fsp3) is 0.486. The van der Waals surface area contributed by atoms with E-state index < -0.39 is 12.0 Å². The minimum Gasteiger partial charge on any atom is -0.489 e. The van der Waals surface area contributed by atoms with Gasteiger partial charge in [0.15, 0.2) is 0 Å². The molecule has 2 aromatic carbocycles. The van der Waals surface area contributed by atoms with Gasteiger partial charge < -0.3 is 25.2 Å². The summed E-state index contributed by atoms with van der Waals surface area (Å²) < 4.78 is 11.3. The number of carbonyl (C=O) groups excluding carboxylic acids is 3. The van der Waals surface area contributed by atoms with Gasteiger partial charge in [-0.05, 0) is 54.9 Å². The first-order valence-electron chi connectivity index (χ1n) is 16.2. The maximum atomic E-state index is 13.4. The molecule has 2 aromatic rings. The van der Waals surface area contributed by atoms with Crippen LogP contribution in [0, 0.1) is 11.8 Å². The Labute approximate surface area is 268 Å². The molecular weight excluding hydrogens is 568 g/mol. The zero-order valence-electron chi connectivity index (χ0n) is 26.5. The summed E-state index contributed by atoms with van der Waals surface area (Å²) in [5, 5.41) is 16.0. The first-order valence-corrected chi connectivity index (χ1v) is 16.2. The van der Waals surface area contributed by atoms with Gasteiger partial charge in [0.25, 0.3) is 0 Å². The monoisotopic (exact) mass is 618 g/mol. The third-order valence-electron chi connectivity index (χ3n) is 8.18. The number of aliphatic hydroxyl groups is 1. The van der Waals surface area contributed by atoms with Gasteiger partial charge in [0.1, 0.15) is 19.0 Å². The van der Waals surface area contributed by atoms with Crippen LogP contribution in [0.5, 0.6) is 5.75 Å². The molecule has 1 aliphatic rings. The summed E-state index contributed by atoms with van der Waals surface area (Å²) in [6.07, 6.45) is 11.3. The van der Waals surface area contributed by atoms with Crippen LogP contribution in [0.1, 0.15) is 75.3 Å². The van der Waals surface area contributed by atoms with E-state index in [1.165, 1.54) is 19.3 Å². The maximum absolute atomic E-state index is 13.4. The molecule has 3 rings (SSSR count). The van der Waals surface area contributed by atoms with Crippen LogP contribution >= 0.6 is 0 Å². The molecule has 0 aromatic heterocycles. The fourth-order valence-electron chi connectivity index (χ4n) is 5.70. The average Bonchev–Trinajstić information content (AvgIpc) is 3.06. The highest BCUT2D eigenvalue weighted by Gasteiger charge is 2.27. The molecule has 0 saturated heterocycles. The van der Waals surface area contributed by atoms with Crippen molar-refractivity contribution in [2.24, 2.45) is 11.8 Å². The molecule has 244 valence electrons. The standard InChI is InChI=1S/C37H50N2O6/c1-3-5-17-36(42)45-27-33(23-28-13-8-6-9-14-28)39-37(43)31(12-4-2)24-35(41)38-32(25-40)22-29-18-20-34(21-19-29)44-26-30-15-10-7-11-16-30/h3-4,7,10-11,15-16,18-21,28,31-33,40H,1-2,5-6,8-9,12-14,17,22-27H2,(H,38,41)(H,39,43). The Morgan fingerprint density at radius 1 is 0.911 bits per heavy atom. The van der Waals surface area contributed by atoms with Crippen molar-refractivity contribution in [3.63, 3.8) is 0 Å². The zero-order chi connectivity index (χ0) is 32.3. The topological polar surface area (TPSA) is 114 Å². The molecule has 0 spiro atoms. The summed E-state index contributed by atoms with van der Waals surface area (Å²) in [5.74, 6) is -0.332. The molecule has 1 aliphatic carbocycles. The number of allylic oxidation sites excluding steroid dienone is 2. The summed E-state index contributed by atoms with van der Waals surface area (Å²) >= 11 is 0. The summed E-state index contributed by atoms with van der Waals surface area (Å²) in [7, 11) is 0. The quantitative estimate of drug-likeness (QED) is 0.127. The van der Waals surface area contributed by atoms with E-state index >= 15 is 0 Å². The molecular formula is C37H50N2O6. The summed E-state index contributed by atoms with van der Waals surface area (Å²) in [6, 6.07) is 16.7. The van der Waals surface area contributed by atoms with Gasteiger partial charge in [-0.25, -0.2) is 0 Å². The van der Waals surface area contributed by atoms with Gasteiger partial charge in [0.05, 0.1) is 24.6 Å². The lowest BCUT2D eigenvalue weighted by molar-refractivity contribution is -0.145. The normalized spacial score (nSPS) is 15.2. The Balaban J connectivity index is 1.53. The van der Waals surface area contributed by atoms with Crippen LogP contribution < -0.4 is 15.4 Å². The molecule has 1 fully saturated rings. The number of ether oxygens (including phenoxy) is 2. The van der Waals surface area contributed by atoms with E-state index in [0.29, 0.717) is 31.8 Å². The van der Waals surface area contributed by atoms with E-state index in [0.717, 1.165) is 36.1 Å².